The molecule has 1 aliphatic heterocycles. The van der Waals surface area contributed by atoms with Crippen LogP contribution in [0.15, 0.2) is 0 Å². The molecule has 3 nitrogen and oxygen atoms in total. The highest BCUT2D eigenvalue weighted by atomic mass is 16.5. The molecule has 1 aliphatic rings. The van der Waals surface area contributed by atoms with E-state index >= 15 is 0 Å². The molecule has 3 heteroatoms. The monoisotopic (exact) mass is 229 g/mol. The fraction of sp³-hybridized carbons (Fsp3) is 1.00. The second-order valence-electron chi connectivity index (χ2n) is 4.97. The average molecular weight is 229 g/mol. The lowest BCUT2D eigenvalue weighted by Gasteiger charge is -2.09. The Labute approximate surface area is 99.9 Å². The number of hydrogen-bond acceptors (Lipinski definition) is 3. The summed E-state index contributed by atoms with van der Waals surface area (Å²) >= 11 is 0. The van der Waals surface area contributed by atoms with Gasteiger partial charge in [-0.25, -0.2) is 0 Å². The molecule has 1 heterocycles. The van der Waals surface area contributed by atoms with Gasteiger partial charge in [0.2, 0.25) is 0 Å². The van der Waals surface area contributed by atoms with Crippen LogP contribution in [0.1, 0.15) is 39.5 Å². The van der Waals surface area contributed by atoms with Gasteiger partial charge in [-0.1, -0.05) is 13.8 Å². The summed E-state index contributed by atoms with van der Waals surface area (Å²) in [7, 11) is 0. The summed E-state index contributed by atoms with van der Waals surface area (Å²) in [5.74, 6) is 0.655. The largest absolute Gasteiger partial charge is 0.381 e. The van der Waals surface area contributed by atoms with Crippen molar-refractivity contribution in [2.45, 2.75) is 45.6 Å². The minimum absolute atomic E-state index is 0.610. The highest BCUT2D eigenvalue weighted by molar-refractivity contribution is 4.62. The van der Waals surface area contributed by atoms with Gasteiger partial charge in [0.05, 0.1) is 13.2 Å². The molecule has 1 saturated heterocycles. The van der Waals surface area contributed by atoms with Crippen molar-refractivity contribution in [2.75, 3.05) is 33.0 Å². The van der Waals surface area contributed by atoms with Crippen LogP contribution in [0, 0.1) is 5.92 Å². The molecule has 0 saturated carbocycles. The van der Waals surface area contributed by atoms with Gasteiger partial charge in [-0.15, -0.1) is 0 Å². The van der Waals surface area contributed by atoms with Gasteiger partial charge in [0.25, 0.3) is 0 Å². The summed E-state index contributed by atoms with van der Waals surface area (Å²) in [4.78, 5) is 0. The molecule has 1 fully saturated rings. The fourth-order valence-corrected chi connectivity index (χ4v) is 1.86. The van der Waals surface area contributed by atoms with Crippen molar-refractivity contribution in [3.63, 3.8) is 0 Å². The van der Waals surface area contributed by atoms with Crippen LogP contribution in [0.4, 0.5) is 0 Å². The van der Waals surface area contributed by atoms with Crippen LogP contribution in [-0.2, 0) is 9.47 Å². The molecule has 0 aliphatic carbocycles. The standard InChI is InChI=1S/C13H27NO2/c1-12(2)14-7-4-3-5-8-15-10-13-6-9-16-11-13/h12-14H,3-11H2,1-2H3. The lowest BCUT2D eigenvalue weighted by molar-refractivity contribution is 0.0872. The first-order valence-corrected chi connectivity index (χ1v) is 6.68. The molecule has 0 spiro atoms. The summed E-state index contributed by atoms with van der Waals surface area (Å²) in [5.41, 5.74) is 0. The highest BCUT2D eigenvalue weighted by Gasteiger charge is 2.14. The van der Waals surface area contributed by atoms with E-state index < -0.39 is 0 Å². The first-order valence-electron chi connectivity index (χ1n) is 6.68. The summed E-state index contributed by atoms with van der Waals surface area (Å²) in [6, 6.07) is 0.610. The Morgan fingerprint density at radius 2 is 2.19 bits per heavy atom. The third-order valence-electron chi connectivity index (χ3n) is 2.90. The second kappa shape index (κ2) is 8.97. The lowest BCUT2D eigenvalue weighted by atomic mass is 10.1. The van der Waals surface area contributed by atoms with E-state index in [4.69, 9.17) is 9.47 Å². The van der Waals surface area contributed by atoms with E-state index in [1.54, 1.807) is 0 Å². The molecule has 1 N–H and O–H groups in total. The Morgan fingerprint density at radius 1 is 1.31 bits per heavy atom. The SMILES string of the molecule is CC(C)NCCCCCOCC1CCOC1. The second-order valence-corrected chi connectivity index (χ2v) is 4.97. The van der Waals surface area contributed by atoms with Crippen molar-refractivity contribution < 1.29 is 9.47 Å². The van der Waals surface area contributed by atoms with E-state index in [2.05, 4.69) is 19.2 Å². The summed E-state index contributed by atoms with van der Waals surface area (Å²) in [6.07, 6.45) is 4.89. The molecule has 0 amide bonds. The predicted octanol–water partition coefficient (Wildman–Crippen LogP) is 2.21. The number of hydrogen-bond donors (Lipinski definition) is 1. The van der Waals surface area contributed by atoms with Crippen LogP contribution < -0.4 is 5.32 Å². The van der Waals surface area contributed by atoms with Gasteiger partial charge in [0.15, 0.2) is 0 Å². The minimum Gasteiger partial charge on any atom is -0.381 e. The number of nitrogens with one attached hydrogen (secondary N) is 1. The highest BCUT2D eigenvalue weighted by Crippen LogP contribution is 2.12. The Kier molecular flexibility index (Phi) is 7.81. The molecule has 0 radical (unpaired) electrons. The summed E-state index contributed by atoms with van der Waals surface area (Å²) in [6.45, 7) is 9.14. The molecule has 16 heavy (non-hydrogen) atoms. The summed E-state index contributed by atoms with van der Waals surface area (Å²) < 4.78 is 10.9. The van der Waals surface area contributed by atoms with E-state index in [1.165, 1.54) is 25.7 Å². The van der Waals surface area contributed by atoms with E-state index in [0.29, 0.717) is 12.0 Å². The Balaban J connectivity index is 1.74. The number of ether oxygens (including phenoxy) is 2. The molecule has 0 aromatic heterocycles. The Morgan fingerprint density at radius 3 is 2.88 bits per heavy atom. The van der Waals surface area contributed by atoms with Crippen LogP contribution in [0.2, 0.25) is 0 Å². The maximum absolute atomic E-state index is 5.64. The zero-order valence-electron chi connectivity index (χ0n) is 10.8. The molecule has 1 unspecified atom stereocenters. The molecule has 1 atom stereocenters. The van der Waals surface area contributed by atoms with E-state index in [1.807, 2.05) is 0 Å². The van der Waals surface area contributed by atoms with Gasteiger partial charge in [-0.2, -0.15) is 0 Å². The average Bonchev–Trinajstić information content (AvgIpc) is 2.74. The predicted molar refractivity (Wildman–Crippen MR) is 66.7 cm³/mol. The van der Waals surface area contributed by atoms with E-state index in [9.17, 15) is 0 Å². The maximum Gasteiger partial charge on any atom is 0.0517 e. The van der Waals surface area contributed by atoms with Crippen molar-refractivity contribution in [1.82, 2.24) is 5.32 Å². The van der Waals surface area contributed by atoms with Gasteiger partial charge in [0, 0.05) is 25.2 Å². The van der Waals surface area contributed by atoms with E-state index in [-0.39, 0.29) is 0 Å². The fourth-order valence-electron chi connectivity index (χ4n) is 1.86. The third-order valence-corrected chi connectivity index (χ3v) is 2.90. The van der Waals surface area contributed by atoms with Crippen molar-refractivity contribution >= 4 is 0 Å². The van der Waals surface area contributed by atoms with Crippen LogP contribution in [0.25, 0.3) is 0 Å². The minimum atomic E-state index is 0.610. The summed E-state index contributed by atoms with van der Waals surface area (Å²) in [5, 5.41) is 3.42. The third kappa shape index (κ3) is 7.20. The van der Waals surface area contributed by atoms with Crippen LogP contribution in [0.3, 0.4) is 0 Å². The molecule has 1 rings (SSSR count). The van der Waals surface area contributed by atoms with Crippen LogP contribution >= 0.6 is 0 Å². The molecule has 96 valence electrons. The number of unbranched alkanes of at least 4 members (excludes halogenated alkanes) is 2. The van der Waals surface area contributed by atoms with Crippen molar-refractivity contribution in [3.05, 3.63) is 0 Å². The first-order chi connectivity index (χ1) is 7.79. The van der Waals surface area contributed by atoms with Crippen LogP contribution in [-0.4, -0.2) is 39.0 Å². The van der Waals surface area contributed by atoms with Crippen molar-refractivity contribution in [1.29, 1.82) is 0 Å². The van der Waals surface area contributed by atoms with Gasteiger partial charge < -0.3 is 14.8 Å². The first kappa shape index (κ1) is 13.9. The Hall–Kier alpha value is -0.120. The van der Waals surface area contributed by atoms with Gasteiger partial charge in [-0.3, -0.25) is 0 Å². The van der Waals surface area contributed by atoms with Crippen molar-refractivity contribution in [3.8, 4) is 0 Å². The molecule has 0 bridgehead atoms. The van der Waals surface area contributed by atoms with E-state index in [0.717, 1.165) is 33.0 Å². The molecular formula is C13H27NO2. The van der Waals surface area contributed by atoms with Gasteiger partial charge in [0.1, 0.15) is 0 Å². The Bertz CT molecular complexity index is 156. The zero-order valence-corrected chi connectivity index (χ0v) is 10.8. The van der Waals surface area contributed by atoms with Gasteiger partial charge >= 0.3 is 0 Å². The lowest BCUT2D eigenvalue weighted by Crippen LogP contribution is -2.23. The molecule has 0 aromatic rings. The smallest absolute Gasteiger partial charge is 0.0517 e. The number of rotatable bonds is 9. The van der Waals surface area contributed by atoms with Crippen molar-refractivity contribution in [2.24, 2.45) is 5.92 Å². The molecular weight excluding hydrogens is 202 g/mol. The topological polar surface area (TPSA) is 30.5 Å². The molecule has 0 aromatic carbocycles. The maximum atomic E-state index is 5.64. The zero-order chi connectivity index (χ0) is 11.6. The van der Waals surface area contributed by atoms with Gasteiger partial charge in [-0.05, 0) is 32.2 Å². The quantitative estimate of drug-likeness (QED) is 0.615. The normalized spacial score (nSPS) is 20.8. The van der Waals surface area contributed by atoms with Crippen LogP contribution in [0.5, 0.6) is 0 Å².